The quantitative estimate of drug-likeness (QED) is 0.641. The van der Waals surface area contributed by atoms with Gasteiger partial charge in [0, 0.05) is 13.0 Å². The van der Waals surface area contributed by atoms with Crippen molar-refractivity contribution in [3.05, 3.63) is 59.7 Å². The molecule has 7 heteroatoms. The Morgan fingerprint density at radius 2 is 1.65 bits per heavy atom. The fraction of sp³-hybridized carbons (Fsp3) is 0.375. The van der Waals surface area contributed by atoms with Gasteiger partial charge in [-0.1, -0.05) is 68.3 Å². The Hall–Kier alpha value is -3.35. The Morgan fingerprint density at radius 1 is 1.06 bits per heavy atom. The van der Waals surface area contributed by atoms with E-state index in [0.29, 0.717) is 6.42 Å². The van der Waals surface area contributed by atoms with Gasteiger partial charge in [0.2, 0.25) is 5.91 Å². The van der Waals surface area contributed by atoms with Gasteiger partial charge in [-0.3, -0.25) is 9.59 Å². The van der Waals surface area contributed by atoms with Crippen molar-refractivity contribution in [3.63, 3.8) is 0 Å². The highest BCUT2D eigenvalue weighted by Gasteiger charge is 2.30. The number of hydrogen-bond acceptors (Lipinski definition) is 4. The molecule has 3 rings (SSSR count). The van der Waals surface area contributed by atoms with Gasteiger partial charge in [-0.25, -0.2) is 4.79 Å². The van der Waals surface area contributed by atoms with Gasteiger partial charge in [-0.2, -0.15) is 0 Å². The number of benzene rings is 2. The Kier molecular flexibility index (Phi) is 7.28. The van der Waals surface area contributed by atoms with Crippen LogP contribution >= 0.6 is 0 Å². The molecule has 0 bridgehead atoms. The van der Waals surface area contributed by atoms with Gasteiger partial charge >= 0.3 is 12.1 Å². The second kappa shape index (κ2) is 10.1. The maximum Gasteiger partial charge on any atom is 0.407 e. The monoisotopic (exact) mass is 424 g/mol. The lowest BCUT2D eigenvalue weighted by atomic mass is 9.98. The molecule has 0 saturated carbocycles. The number of hydrogen-bond donors (Lipinski definition) is 2. The normalized spacial score (nSPS) is 13.1. The average Bonchev–Trinajstić information content (AvgIpc) is 3.08. The number of nitrogens with zero attached hydrogens (tertiary/aromatic N) is 1. The van der Waals surface area contributed by atoms with Crippen molar-refractivity contribution in [1.82, 2.24) is 10.2 Å². The van der Waals surface area contributed by atoms with Crippen molar-refractivity contribution in [1.29, 1.82) is 0 Å². The summed E-state index contributed by atoms with van der Waals surface area (Å²) in [7, 11) is 1.41. The van der Waals surface area contributed by atoms with Crippen LogP contribution in [0.2, 0.25) is 0 Å². The molecule has 7 nitrogen and oxygen atoms in total. The van der Waals surface area contributed by atoms with Crippen LogP contribution in [0.1, 0.15) is 43.2 Å². The molecule has 1 aliphatic rings. The summed E-state index contributed by atoms with van der Waals surface area (Å²) in [5.41, 5.74) is 4.49. The minimum absolute atomic E-state index is 0.0716. The fourth-order valence-electron chi connectivity index (χ4n) is 3.99. The third-order valence-electron chi connectivity index (χ3n) is 5.53. The van der Waals surface area contributed by atoms with Gasteiger partial charge in [-0.05, 0) is 28.7 Å². The number of ether oxygens (including phenoxy) is 1. The lowest BCUT2D eigenvalue weighted by molar-refractivity contribution is -0.144. The first-order valence-corrected chi connectivity index (χ1v) is 10.5. The molecule has 0 radical (unpaired) electrons. The Labute approximate surface area is 182 Å². The standard InChI is InChI=1S/C24H28N2O5/c1-3-4-13-21(23(29)26(2)14-22(27)28)25-24(30)31-15-20-18-11-7-5-9-16(18)17-10-6-8-12-19(17)20/h5-12,20-21H,3-4,13-15H2,1-2H3,(H,25,30)(H,27,28)/t21-/m0/s1. The number of nitrogens with one attached hydrogen (secondary N) is 1. The van der Waals surface area contributed by atoms with Gasteiger partial charge in [0.05, 0.1) is 0 Å². The van der Waals surface area contributed by atoms with Gasteiger partial charge in [0.1, 0.15) is 19.2 Å². The van der Waals surface area contributed by atoms with Crippen molar-refractivity contribution >= 4 is 18.0 Å². The number of carbonyl (C=O) groups excluding carboxylic acids is 2. The molecule has 0 fully saturated rings. The first-order valence-electron chi connectivity index (χ1n) is 10.5. The number of carboxylic acids is 1. The number of unbranched alkanes of at least 4 members (excludes halogenated alkanes) is 1. The van der Waals surface area contributed by atoms with E-state index in [4.69, 9.17) is 9.84 Å². The number of likely N-dealkylation sites (N-methyl/N-ethyl adjacent to an activating group) is 1. The molecular formula is C24H28N2O5. The molecule has 164 valence electrons. The zero-order valence-electron chi connectivity index (χ0n) is 17.8. The maximum absolute atomic E-state index is 12.6. The van der Waals surface area contributed by atoms with E-state index >= 15 is 0 Å². The second-order valence-electron chi connectivity index (χ2n) is 7.75. The molecule has 2 aromatic rings. The highest BCUT2D eigenvalue weighted by Crippen LogP contribution is 2.44. The van der Waals surface area contributed by atoms with E-state index in [9.17, 15) is 14.4 Å². The molecule has 31 heavy (non-hydrogen) atoms. The number of amides is 2. The fourth-order valence-corrected chi connectivity index (χ4v) is 3.99. The van der Waals surface area contributed by atoms with Gasteiger partial charge in [-0.15, -0.1) is 0 Å². The number of rotatable bonds is 9. The first kappa shape index (κ1) is 22.3. The Morgan fingerprint density at radius 3 is 2.19 bits per heavy atom. The predicted octanol–water partition coefficient (Wildman–Crippen LogP) is 3.63. The molecular weight excluding hydrogens is 396 g/mol. The van der Waals surface area contributed by atoms with Gasteiger partial charge in [0.15, 0.2) is 0 Å². The predicted molar refractivity (Wildman–Crippen MR) is 117 cm³/mol. The lowest BCUT2D eigenvalue weighted by Crippen LogP contribution is -2.48. The summed E-state index contributed by atoms with van der Waals surface area (Å²) in [5, 5.41) is 11.6. The Balaban J connectivity index is 1.66. The Bertz CT molecular complexity index is 913. The van der Waals surface area contributed by atoms with E-state index in [1.165, 1.54) is 7.05 Å². The maximum atomic E-state index is 12.6. The van der Waals surface area contributed by atoms with Crippen LogP contribution in [-0.2, 0) is 14.3 Å². The number of carbonyl (C=O) groups is 3. The van der Waals surface area contributed by atoms with Gasteiger partial charge in [0.25, 0.3) is 0 Å². The molecule has 0 unspecified atom stereocenters. The molecule has 2 aromatic carbocycles. The van der Waals surface area contributed by atoms with Crippen LogP contribution in [0.25, 0.3) is 11.1 Å². The van der Waals surface area contributed by atoms with Crippen molar-refractivity contribution in [3.8, 4) is 11.1 Å². The van der Waals surface area contributed by atoms with Crippen LogP contribution in [0, 0.1) is 0 Å². The molecule has 1 aliphatic carbocycles. The summed E-state index contributed by atoms with van der Waals surface area (Å²) < 4.78 is 5.52. The molecule has 2 amide bonds. The van der Waals surface area contributed by atoms with E-state index in [1.54, 1.807) is 0 Å². The molecule has 0 spiro atoms. The topological polar surface area (TPSA) is 95.9 Å². The smallest absolute Gasteiger partial charge is 0.407 e. The summed E-state index contributed by atoms with van der Waals surface area (Å²) in [6.45, 7) is 1.71. The van der Waals surface area contributed by atoms with E-state index < -0.39 is 30.6 Å². The van der Waals surface area contributed by atoms with E-state index in [0.717, 1.165) is 40.0 Å². The summed E-state index contributed by atoms with van der Waals surface area (Å²) >= 11 is 0. The SMILES string of the molecule is CCCC[C@H](NC(=O)OCC1c2ccccc2-c2ccccc21)C(=O)N(C)CC(=O)O. The third-order valence-corrected chi connectivity index (χ3v) is 5.53. The van der Waals surface area contributed by atoms with Crippen LogP contribution < -0.4 is 5.32 Å². The van der Waals surface area contributed by atoms with E-state index in [-0.39, 0.29) is 12.5 Å². The minimum atomic E-state index is -1.11. The number of alkyl carbamates (subject to hydrolysis) is 1. The third kappa shape index (κ3) is 5.23. The lowest BCUT2D eigenvalue weighted by Gasteiger charge is -2.23. The molecule has 2 N–H and O–H groups in total. The number of carboxylic acid groups (broad SMARTS) is 1. The highest BCUT2D eigenvalue weighted by atomic mass is 16.5. The summed E-state index contributed by atoms with van der Waals surface area (Å²) in [4.78, 5) is 37.1. The van der Waals surface area contributed by atoms with Crippen molar-refractivity contribution in [2.45, 2.75) is 38.1 Å². The first-order chi connectivity index (χ1) is 14.9. The van der Waals surface area contributed by atoms with Crippen LogP contribution in [0.4, 0.5) is 4.79 Å². The summed E-state index contributed by atoms with van der Waals surface area (Å²) in [6, 6.07) is 15.3. The largest absolute Gasteiger partial charge is 0.480 e. The molecule has 0 aliphatic heterocycles. The number of aliphatic carboxylic acids is 1. The second-order valence-corrected chi connectivity index (χ2v) is 7.75. The zero-order chi connectivity index (χ0) is 22.4. The van der Waals surface area contributed by atoms with Crippen molar-refractivity contribution in [2.24, 2.45) is 0 Å². The molecule has 0 heterocycles. The molecule has 0 saturated heterocycles. The van der Waals surface area contributed by atoms with Crippen LogP contribution in [-0.4, -0.2) is 54.2 Å². The van der Waals surface area contributed by atoms with Crippen LogP contribution in [0.15, 0.2) is 48.5 Å². The molecule has 0 aromatic heterocycles. The van der Waals surface area contributed by atoms with Gasteiger partial charge < -0.3 is 20.1 Å². The van der Waals surface area contributed by atoms with E-state index in [2.05, 4.69) is 17.4 Å². The average molecular weight is 424 g/mol. The highest BCUT2D eigenvalue weighted by molar-refractivity contribution is 5.88. The molecule has 1 atom stereocenters. The zero-order valence-corrected chi connectivity index (χ0v) is 17.8. The number of fused-ring (bicyclic) bond motifs is 3. The van der Waals surface area contributed by atoms with Crippen LogP contribution in [0.5, 0.6) is 0 Å². The summed E-state index contributed by atoms with van der Waals surface area (Å²) in [6.07, 6.45) is 1.31. The summed E-state index contributed by atoms with van der Waals surface area (Å²) in [5.74, 6) is -1.62. The van der Waals surface area contributed by atoms with E-state index in [1.807, 2.05) is 43.3 Å². The van der Waals surface area contributed by atoms with Crippen LogP contribution in [0.3, 0.4) is 0 Å². The van der Waals surface area contributed by atoms with Crippen molar-refractivity contribution < 1.29 is 24.2 Å². The van der Waals surface area contributed by atoms with Crippen molar-refractivity contribution in [2.75, 3.05) is 20.2 Å². The minimum Gasteiger partial charge on any atom is -0.480 e.